The van der Waals surface area contributed by atoms with E-state index in [0.717, 1.165) is 37.1 Å². The molecule has 0 spiro atoms. The lowest BCUT2D eigenvalue weighted by atomic mass is 10.1. The Labute approximate surface area is 114 Å². The molecule has 0 aliphatic heterocycles. The summed E-state index contributed by atoms with van der Waals surface area (Å²) in [5.41, 5.74) is 7.53. The maximum Gasteiger partial charge on any atom is 0.249 e. The minimum absolute atomic E-state index is 0.242. The molecule has 6 nitrogen and oxygen atoms in total. The number of hydrogen-bond donors (Lipinski definition) is 2. The van der Waals surface area contributed by atoms with Gasteiger partial charge >= 0.3 is 0 Å². The van der Waals surface area contributed by atoms with Crippen molar-refractivity contribution < 1.29 is 4.79 Å². The van der Waals surface area contributed by atoms with Crippen LogP contribution in [0.25, 0.3) is 0 Å². The minimum atomic E-state index is -0.514. The predicted molar refractivity (Wildman–Crippen MR) is 74.7 cm³/mol. The summed E-state index contributed by atoms with van der Waals surface area (Å²) >= 11 is 0. The molecule has 0 radical (unpaired) electrons. The van der Waals surface area contributed by atoms with E-state index in [1.54, 1.807) is 0 Å². The van der Waals surface area contributed by atoms with Gasteiger partial charge in [0.15, 0.2) is 0 Å². The van der Waals surface area contributed by atoms with Crippen LogP contribution in [0, 0.1) is 0 Å². The topological polar surface area (TPSA) is 93.8 Å². The molecule has 1 aromatic heterocycles. The van der Waals surface area contributed by atoms with E-state index in [0.29, 0.717) is 6.42 Å². The molecule has 6 heteroatoms. The molecule has 0 aliphatic rings. The zero-order valence-electron chi connectivity index (χ0n) is 11.9. The van der Waals surface area contributed by atoms with E-state index < -0.39 is 6.04 Å². The fourth-order valence-corrected chi connectivity index (χ4v) is 1.75. The van der Waals surface area contributed by atoms with Crippen LogP contribution in [0.5, 0.6) is 0 Å². The number of unbranched alkanes of at least 4 members (excludes halogenated alkanes) is 1. The summed E-state index contributed by atoms with van der Waals surface area (Å²) < 4.78 is 0. The van der Waals surface area contributed by atoms with Crippen molar-refractivity contribution in [2.75, 3.05) is 5.32 Å². The first-order valence-electron chi connectivity index (χ1n) is 6.91. The standard InChI is InChI=1S/C13H23N5O/c1-4-7-8-9(14)12(19)16-13-15-10(5-2)11(6-3)17-18-13/h9H,4-8,14H2,1-3H3,(H,15,16,18,19)/t9-/m0/s1. The second kappa shape index (κ2) is 7.78. The van der Waals surface area contributed by atoms with Gasteiger partial charge < -0.3 is 5.73 Å². The molecule has 1 aromatic rings. The highest BCUT2D eigenvalue weighted by Gasteiger charge is 2.15. The van der Waals surface area contributed by atoms with Crippen LogP contribution in [0.3, 0.4) is 0 Å². The number of carbonyl (C=O) groups is 1. The Morgan fingerprint density at radius 3 is 2.47 bits per heavy atom. The first-order valence-corrected chi connectivity index (χ1v) is 6.91. The second-order valence-electron chi connectivity index (χ2n) is 4.47. The van der Waals surface area contributed by atoms with Crippen molar-refractivity contribution >= 4 is 11.9 Å². The van der Waals surface area contributed by atoms with Crippen molar-refractivity contribution in [3.63, 3.8) is 0 Å². The van der Waals surface area contributed by atoms with Crippen LogP contribution in [-0.4, -0.2) is 27.1 Å². The maximum absolute atomic E-state index is 11.8. The van der Waals surface area contributed by atoms with Crippen LogP contribution in [0.4, 0.5) is 5.95 Å². The van der Waals surface area contributed by atoms with Gasteiger partial charge in [0, 0.05) is 0 Å². The van der Waals surface area contributed by atoms with Gasteiger partial charge in [-0.3, -0.25) is 10.1 Å². The van der Waals surface area contributed by atoms with Crippen LogP contribution in [0.15, 0.2) is 0 Å². The minimum Gasteiger partial charge on any atom is -0.320 e. The van der Waals surface area contributed by atoms with Crippen LogP contribution in [0.2, 0.25) is 0 Å². The molecule has 0 aliphatic carbocycles. The predicted octanol–water partition coefficient (Wildman–Crippen LogP) is 1.45. The summed E-state index contributed by atoms with van der Waals surface area (Å²) in [6.45, 7) is 6.07. The van der Waals surface area contributed by atoms with Crippen molar-refractivity contribution in [2.45, 2.75) is 58.9 Å². The Kier molecular flexibility index (Phi) is 6.35. The van der Waals surface area contributed by atoms with E-state index in [2.05, 4.69) is 27.4 Å². The molecule has 1 rings (SSSR count). The first kappa shape index (κ1) is 15.5. The molecule has 0 fully saturated rings. The number of carbonyl (C=O) groups excluding carboxylic acids is 1. The third-order valence-electron chi connectivity index (χ3n) is 2.95. The fraction of sp³-hybridized carbons (Fsp3) is 0.692. The average Bonchev–Trinajstić information content (AvgIpc) is 2.44. The monoisotopic (exact) mass is 265 g/mol. The van der Waals surface area contributed by atoms with Gasteiger partial charge in [0.05, 0.1) is 17.4 Å². The van der Waals surface area contributed by atoms with E-state index >= 15 is 0 Å². The van der Waals surface area contributed by atoms with Gasteiger partial charge in [0.25, 0.3) is 0 Å². The number of aromatic nitrogens is 3. The molecule has 1 heterocycles. The number of nitrogens with zero attached hydrogens (tertiary/aromatic N) is 3. The summed E-state index contributed by atoms with van der Waals surface area (Å²) in [6, 6.07) is -0.514. The summed E-state index contributed by atoms with van der Waals surface area (Å²) in [4.78, 5) is 16.1. The summed E-state index contributed by atoms with van der Waals surface area (Å²) in [5, 5.41) is 10.6. The lowest BCUT2D eigenvalue weighted by Gasteiger charge is -2.11. The van der Waals surface area contributed by atoms with Crippen LogP contribution >= 0.6 is 0 Å². The van der Waals surface area contributed by atoms with Crippen LogP contribution < -0.4 is 11.1 Å². The van der Waals surface area contributed by atoms with Gasteiger partial charge in [-0.05, 0) is 19.3 Å². The number of rotatable bonds is 7. The molecule has 0 saturated heterocycles. The Morgan fingerprint density at radius 1 is 1.21 bits per heavy atom. The SMILES string of the molecule is CCCC[C@H](N)C(=O)Nc1nnc(CC)c(CC)n1. The molecule has 19 heavy (non-hydrogen) atoms. The second-order valence-corrected chi connectivity index (χ2v) is 4.47. The highest BCUT2D eigenvalue weighted by molar-refractivity contribution is 5.93. The Balaban J connectivity index is 2.69. The maximum atomic E-state index is 11.8. The quantitative estimate of drug-likeness (QED) is 0.778. The molecular weight excluding hydrogens is 242 g/mol. The smallest absolute Gasteiger partial charge is 0.249 e. The van der Waals surface area contributed by atoms with E-state index in [4.69, 9.17) is 5.73 Å². The van der Waals surface area contributed by atoms with Gasteiger partial charge in [-0.1, -0.05) is 33.6 Å². The normalized spacial score (nSPS) is 12.2. The van der Waals surface area contributed by atoms with E-state index in [9.17, 15) is 4.79 Å². The zero-order valence-corrected chi connectivity index (χ0v) is 11.9. The van der Waals surface area contributed by atoms with E-state index in [-0.39, 0.29) is 11.9 Å². The van der Waals surface area contributed by atoms with Gasteiger partial charge in [-0.15, -0.1) is 10.2 Å². The number of nitrogens with one attached hydrogen (secondary N) is 1. The third-order valence-corrected chi connectivity index (χ3v) is 2.95. The summed E-state index contributed by atoms with van der Waals surface area (Å²) in [5.74, 6) is -0.00690. The lowest BCUT2D eigenvalue weighted by Crippen LogP contribution is -2.36. The first-order chi connectivity index (χ1) is 9.12. The molecule has 0 bridgehead atoms. The molecule has 1 amide bonds. The lowest BCUT2D eigenvalue weighted by molar-refractivity contribution is -0.117. The van der Waals surface area contributed by atoms with E-state index in [1.807, 2.05) is 13.8 Å². The molecule has 1 atom stereocenters. The molecule has 0 unspecified atom stereocenters. The zero-order chi connectivity index (χ0) is 14.3. The van der Waals surface area contributed by atoms with Crippen molar-refractivity contribution in [2.24, 2.45) is 5.73 Å². The highest BCUT2D eigenvalue weighted by Crippen LogP contribution is 2.07. The largest absolute Gasteiger partial charge is 0.320 e. The molecular formula is C13H23N5O. The molecule has 0 saturated carbocycles. The van der Waals surface area contributed by atoms with Crippen molar-refractivity contribution in [3.8, 4) is 0 Å². The number of anilines is 1. The number of aryl methyl sites for hydroxylation is 2. The van der Waals surface area contributed by atoms with Crippen LogP contribution in [-0.2, 0) is 17.6 Å². The van der Waals surface area contributed by atoms with Crippen molar-refractivity contribution in [1.82, 2.24) is 15.2 Å². The summed E-state index contributed by atoms with van der Waals surface area (Å²) in [6.07, 6.45) is 4.17. The molecule has 3 N–H and O–H groups in total. The number of hydrogen-bond acceptors (Lipinski definition) is 5. The van der Waals surface area contributed by atoms with E-state index in [1.165, 1.54) is 0 Å². The highest BCUT2D eigenvalue weighted by atomic mass is 16.2. The van der Waals surface area contributed by atoms with Gasteiger partial charge in [0.1, 0.15) is 0 Å². The fourth-order valence-electron chi connectivity index (χ4n) is 1.75. The molecule has 0 aromatic carbocycles. The van der Waals surface area contributed by atoms with Gasteiger partial charge in [-0.25, -0.2) is 4.98 Å². The average molecular weight is 265 g/mol. The van der Waals surface area contributed by atoms with Crippen molar-refractivity contribution in [1.29, 1.82) is 0 Å². The summed E-state index contributed by atoms with van der Waals surface area (Å²) in [7, 11) is 0. The Bertz CT molecular complexity index is 421. The Hall–Kier alpha value is -1.56. The Morgan fingerprint density at radius 2 is 1.89 bits per heavy atom. The number of amides is 1. The van der Waals surface area contributed by atoms with Crippen molar-refractivity contribution in [3.05, 3.63) is 11.4 Å². The van der Waals surface area contributed by atoms with Gasteiger partial charge in [0.2, 0.25) is 11.9 Å². The van der Waals surface area contributed by atoms with Gasteiger partial charge in [-0.2, -0.15) is 0 Å². The number of nitrogens with two attached hydrogens (primary N) is 1. The third kappa shape index (κ3) is 4.55. The molecule has 106 valence electrons. The van der Waals surface area contributed by atoms with Crippen LogP contribution in [0.1, 0.15) is 51.4 Å².